The van der Waals surface area contributed by atoms with Gasteiger partial charge in [0, 0.05) is 35.3 Å². The maximum Gasteiger partial charge on any atom is 2.00 e. The van der Waals surface area contributed by atoms with E-state index >= 15 is 0 Å². The Labute approximate surface area is 135 Å². The molecule has 0 saturated carbocycles. The summed E-state index contributed by atoms with van der Waals surface area (Å²) in [6, 6.07) is 10.5. The maximum absolute atomic E-state index is 5.46. The topological polar surface area (TPSA) is 12.5 Å². The molecule has 1 rings (SSSR count). The van der Waals surface area contributed by atoms with E-state index in [-0.39, 0.29) is 63.1 Å². The maximum atomic E-state index is 5.46. The van der Waals surface area contributed by atoms with Crippen molar-refractivity contribution in [2.24, 2.45) is 0 Å². The summed E-state index contributed by atoms with van der Waals surface area (Å²) in [5.41, 5.74) is 0. The Morgan fingerprint density at radius 2 is 1.80 bits per heavy atom. The van der Waals surface area contributed by atoms with E-state index in [1.54, 1.807) is 0 Å². The monoisotopic (exact) mass is 291 g/mol. The third-order valence-corrected chi connectivity index (χ3v) is 1.49. The predicted molar refractivity (Wildman–Crippen MR) is 60.8 cm³/mol. The van der Waals surface area contributed by atoms with Crippen molar-refractivity contribution in [3.05, 3.63) is 30.3 Å². The molecule has 0 aliphatic heterocycles. The molecule has 0 fully saturated rings. The fourth-order valence-corrected chi connectivity index (χ4v) is 0.814. The van der Waals surface area contributed by atoms with Crippen LogP contribution in [0.25, 0.3) is 0 Å². The van der Waals surface area contributed by atoms with Gasteiger partial charge >= 0.3 is 23.1 Å². The molecule has 0 N–H and O–H groups in total. The number of halogens is 1. The van der Waals surface area contributed by atoms with Crippen molar-refractivity contribution in [1.29, 1.82) is 0 Å². The molecule has 0 amide bonds. The van der Waals surface area contributed by atoms with Crippen molar-refractivity contribution in [1.82, 2.24) is 4.90 Å². The zero-order valence-corrected chi connectivity index (χ0v) is 13.8. The number of ether oxygens (including phenoxy) is 1. The molecule has 15 heavy (non-hydrogen) atoms. The van der Waals surface area contributed by atoms with E-state index in [0.717, 1.165) is 18.9 Å². The Balaban J connectivity index is -0.000000480. The summed E-state index contributed by atoms with van der Waals surface area (Å²) in [5, 5.41) is 0. The zero-order valence-electron chi connectivity index (χ0n) is 9.37. The molecular weight excluding hydrogens is 279 g/mol. The molecule has 0 heterocycles. The smallest absolute Gasteiger partial charge is 1.00 e. The van der Waals surface area contributed by atoms with Crippen molar-refractivity contribution in [2.75, 3.05) is 27.2 Å². The molecule has 0 spiro atoms. The molecule has 0 bridgehead atoms. The quantitative estimate of drug-likeness (QED) is 0.456. The van der Waals surface area contributed by atoms with Gasteiger partial charge in [-0.3, -0.25) is 0 Å². The minimum Gasteiger partial charge on any atom is -1.00 e. The van der Waals surface area contributed by atoms with Crippen LogP contribution in [0, 0.1) is 6.07 Å². The van der Waals surface area contributed by atoms with Gasteiger partial charge in [-0.15, -0.1) is 12.1 Å². The van der Waals surface area contributed by atoms with Crippen LogP contribution in [0.5, 0.6) is 5.75 Å². The van der Waals surface area contributed by atoms with E-state index in [0.29, 0.717) is 0 Å². The van der Waals surface area contributed by atoms with Crippen LogP contribution in [0.3, 0.4) is 0 Å². The molecule has 2 nitrogen and oxygen atoms in total. The number of nitrogens with zero attached hydrogens (tertiary/aromatic N) is 1. The van der Waals surface area contributed by atoms with E-state index in [1.165, 1.54) is 0 Å². The van der Waals surface area contributed by atoms with E-state index in [2.05, 4.69) is 11.0 Å². The fourth-order valence-electron chi connectivity index (χ4n) is 0.814. The average Bonchev–Trinajstić information content (AvgIpc) is 2.05. The Morgan fingerprint density at radius 1 is 1.27 bits per heavy atom. The molecular formula is C10H14BrMg2NO. The Hall–Kier alpha value is 0.992. The molecule has 0 aliphatic rings. The van der Waals surface area contributed by atoms with Gasteiger partial charge in [0.1, 0.15) is 0 Å². The second kappa shape index (κ2) is 13.1. The number of hydrogen-bond acceptors (Lipinski definition) is 2. The first-order chi connectivity index (χ1) is 5.79. The third kappa shape index (κ3) is 11.3. The van der Waals surface area contributed by atoms with Gasteiger partial charge in [0.25, 0.3) is 0 Å². The van der Waals surface area contributed by atoms with Crippen LogP contribution in [-0.4, -0.2) is 78.3 Å². The normalized spacial score (nSPS) is 8.20. The van der Waals surface area contributed by atoms with Gasteiger partial charge in [-0.1, -0.05) is 0 Å². The van der Waals surface area contributed by atoms with E-state index in [4.69, 9.17) is 4.74 Å². The summed E-state index contributed by atoms with van der Waals surface area (Å²) in [7, 11) is 4.06. The number of hydrogen-bond donors (Lipinski definition) is 0. The van der Waals surface area contributed by atoms with Crippen molar-refractivity contribution in [3.63, 3.8) is 0 Å². The minimum absolute atomic E-state index is 0. The first-order valence-corrected chi connectivity index (χ1v) is 4.02. The second-order valence-corrected chi connectivity index (χ2v) is 2.89. The van der Waals surface area contributed by atoms with Gasteiger partial charge in [0.15, 0.2) is 0 Å². The van der Waals surface area contributed by atoms with Crippen LogP contribution >= 0.6 is 0 Å². The van der Waals surface area contributed by atoms with Gasteiger partial charge in [0.2, 0.25) is 0 Å². The predicted octanol–water partition coefficient (Wildman–Crippen LogP) is -2.33. The van der Waals surface area contributed by atoms with Gasteiger partial charge in [-0.2, -0.15) is 18.2 Å². The summed E-state index contributed by atoms with van der Waals surface area (Å²) in [4.78, 5) is 2.09. The first kappa shape index (κ1) is 21.3. The number of rotatable bonds is 4. The first-order valence-electron chi connectivity index (χ1n) is 4.02. The van der Waals surface area contributed by atoms with Crippen molar-refractivity contribution < 1.29 is 21.7 Å². The molecule has 0 atom stereocenters. The van der Waals surface area contributed by atoms with Crippen LogP contribution in [0.2, 0.25) is 0 Å². The summed E-state index contributed by atoms with van der Waals surface area (Å²) in [5.74, 6) is 0.913. The van der Waals surface area contributed by atoms with E-state index in [1.807, 2.05) is 38.4 Å². The second-order valence-electron chi connectivity index (χ2n) is 2.89. The molecule has 1 aromatic carbocycles. The van der Waals surface area contributed by atoms with E-state index < -0.39 is 0 Å². The van der Waals surface area contributed by atoms with Gasteiger partial charge in [0.05, 0.1) is 6.61 Å². The summed E-state index contributed by atoms with van der Waals surface area (Å²) in [6.45, 7) is 1.68. The Morgan fingerprint density at radius 3 is 2.27 bits per heavy atom. The van der Waals surface area contributed by atoms with Crippen LogP contribution in [0.15, 0.2) is 24.3 Å². The molecule has 0 unspecified atom stereocenters. The van der Waals surface area contributed by atoms with Crippen LogP contribution < -0.4 is 21.7 Å². The number of benzene rings is 1. The molecule has 76 valence electrons. The van der Waals surface area contributed by atoms with Crippen molar-refractivity contribution in [3.8, 4) is 5.75 Å². The van der Waals surface area contributed by atoms with Crippen molar-refractivity contribution >= 4 is 46.1 Å². The molecule has 0 saturated heterocycles. The van der Waals surface area contributed by atoms with Crippen LogP contribution in [0.4, 0.5) is 0 Å². The van der Waals surface area contributed by atoms with Crippen LogP contribution in [0.1, 0.15) is 0 Å². The molecule has 1 aromatic rings. The van der Waals surface area contributed by atoms with Gasteiger partial charge < -0.3 is 26.6 Å². The largest absolute Gasteiger partial charge is 2.00 e. The third-order valence-electron chi connectivity index (χ3n) is 1.49. The molecule has 0 aromatic heterocycles. The van der Waals surface area contributed by atoms with E-state index in [9.17, 15) is 0 Å². The minimum atomic E-state index is 0. The standard InChI is InChI=1S/C10H14NO.BrH.2Mg/c1-11(2)8-9-12-10-6-4-3-5-7-10;;;/h4-7H,8-9H2,1-2H3;1H;;/q-1;;;+2/p-1. The summed E-state index contributed by atoms with van der Waals surface area (Å²) < 4.78 is 5.46. The van der Waals surface area contributed by atoms with Crippen molar-refractivity contribution in [2.45, 2.75) is 0 Å². The Kier molecular flexibility index (Phi) is 18.5. The van der Waals surface area contributed by atoms with Gasteiger partial charge in [-0.25, -0.2) is 0 Å². The molecule has 0 aliphatic carbocycles. The number of likely N-dealkylation sites (N-methyl/N-ethyl adjacent to an activating group) is 1. The zero-order chi connectivity index (χ0) is 8.81. The fraction of sp³-hybridized carbons (Fsp3) is 0.400. The van der Waals surface area contributed by atoms with Crippen LogP contribution in [-0.2, 0) is 0 Å². The molecule has 2 radical (unpaired) electrons. The SMILES string of the molecule is CN(C)CCOc1cc[c-]cc1.[Br-].[Mg+2].[Mg]. The molecule has 5 heteroatoms. The summed E-state index contributed by atoms with van der Waals surface area (Å²) >= 11 is 0. The average molecular weight is 293 g/mol. The van der Waals surface area contributed by atoms with Gasteiger partial charge in [-0.05, 0) is 14.1 Å². The summed E-state index contributed by atoms with van der Waals surface area (Å²) in [6.07, 6.45) is 0. The Bertz CT molecular complexity index is 222.